The molecule has 0 aliphatic heterocycles. The van der Waals surface area contributed by atoms with Crippen molar-refractivity contribution in [1.29, 1.82) is 0 Å². The zero-order chi connectivity index (χ0) is 14.5. The average molecular weight is 277 g/mol. The normalized spacial score (nSPS) is 10.2. The van der Waals surface area contributed by atoms with E-state index >= 15 is 0 Å². The molecule has 0 amide bonds. The number of non-ortho nitro benzene ring substituents is 1. The highest BCUT2D eigenvalue weighted by molar-refractivity contribution is 5.91. The number of aromatic carboxylic acids is 1. The maximum Gasteiger partial charge on any atom is 0.339 e. The molecule has 2 rings (SSSR count). The molecule has 0 saturated carbocycles. The molecular weight excluding hydrogens is 266 g/mol. The van der Waals surface area contributed by atoms with Gasteiger partial charge in [0.05, 0.1) is 17.8 Å². The molecule has 0 bridgehead atoms. The van der Waals surface area contributed by atoms with E-state index in [-0.39, 0.29) is 23.6 Å². The number of carboxylic acids is 1. The van der Waals surface area contributed by atoms with E-state index in [1.807, 2.05) is 0 Å². The lowest BCUT2D eigenvalue weighted by Gasteiger charge is -2.09. The lowest BCUT2D eigenvalue weighted by atomic mass is 10.2. The van der Waals surface area contributed by atoms with Gasteiger partial charge in [-0.05, 0) is 6.07 Å². The van der Waals surface area contributed by atoms with Crippen molar-refractivity contribution in [2.45, 2.75) is 6.54 Å². The fourth-order valence-electron chi connectivity index (χ4n) is 1.60. The van der Waals surface area contributed by atoms with Crippen LogP contribution in [0.15, 0.2) is 36.9 Å². The average Bonchev–Trinajstić information content (AvgIpc) is 2.91. The van der Waals surface area contributed by atoms with Crippen molar-refractivity contribution in [2.75, 3.05) is 6.61 Å². The number of hydrogen-bond donors (Lipinski definition) is 1. The first-order valence-electron chi connectivity index (χ1n) is 5.68. The molecule has 0 aliphatic carbocycles. The summed E-state index contributed by atoms with van der Waals surface area (Å²) in [7, 11) is 0. The fourth-order valence-corrected chi connectivity index (χ4v) is 1.60. The summed E-state index contributed by atoms with van der Waals surface area (Å²) in [5.41, 5.74) is -0.519. The molecule has 1 N–H and O–H groups in total. The summed E-state index contributed by atoms with van der Waals surface area (Å²) >= 11 is 0. The van der Waals surface area contributed by atoms with E-state index in [0.29, 0.717) is 6.54 Å². The molecule has 0 saturated heterocycles. The zero-order valence-electron chi connectivity index (χ0n) is 10.3. The molecule has 0 fully saturated rings. The molecule has 0 atom stereocenters. The largest absolute Gasteiger partial charge is 0.491 e. The van der Waals surface area contributed by atoms with Crippen LogP contribution in [0.25, 0.3) is 0 Å². The molecule has 2 aromatic rings. The van der Waals surface area contributed by atoms with Gasteiger partial charge in [0.2, 0.25) is 0 Å². The number of rotatable bonds is 6. The minimum absolute atomic E-state index is 0.100. The van der Waals surface area contributed by atoms with Crippen LogP contribution in [0.4, 0.5) is 5.69 Å². The van der Waals surface area contributed by atoms with Crippen molar-refractivity contribution in [3.63, 3.8) is 0 Å². The van der Waals surface area contributed by atoms with E-state index in [4.69, 9.17) is 9.84 Å². The molecule has 8 nitrogen and oxygen atoms in total. The van der Waals surface area contributed by atoms with Gasteiger partial charge in [0.25, 0.3) is 5.69 Å². The van der Waals surface area contributed by atoms with Crippen molar-refractivity contribution >= 4 is 11.7 Å². The molecule has 1 heterocycles. The Morgan fingerprint density at radius 1 is 1.50 bits per heavy atom. The molecular formula is C12H11N3O5. The van der Waals surface area contributed by atoms with Gasteiger partial charge in [-0.3, -0.25) is 10.1 Å². The Morgan fingerprint density at radius 2 is 2.30 bits per heavy atom. The van der Waals surface area contributed by atoms with Crippen molar-refractivity contribution in [1.82, 2.24) is 9.55 Å². The number of aromatic nitrogens is 2. The Balaban J connectivity index is 2.10. The lowest BCUT2D eigenvalue weighted by Crippen LogP contribution is -2.09. The van der Waals surface area contributed by atoms with E-state index in [1.165, 1.54) is 12.1 Å². The van der Waals surface area contributed by atoms with Gasteiger partial charge in [-0.1, -0.05) is 0 Å². The standard InChI is InChI=1S/C12H11N3O5/c16-12(17)10-7-9(15(18)19)1-2-11(10)20-6-5-14-4-3-13-8-14/h1-4,7-8H,5-6H2,(H,16,17). The highest BCUT2D eigenvalue weighted by Gasteiger charge is 2.16. The highest BCUT2D eigenvalue weighted by Crippen LogP contribution is 2.24. The van der Waals surface area contributed by atoms with Crippen LogP contribution < -0.4 is 4.74 Å². The van der Waals surface area contributed by atoms with Gasteiger partial charge in [-0.15, -0.1) is 0 Å². The fraction of sp³-hybridized carbons (Fsp3) is 0.167. The molecule has 0 unspecified atom stereocenters. The van der Waals surface area contributed by atoms with E-state index in [1.54, 1.807) is 23.3 Å². The number of ether oxygens (including phenoxy) is 1. The SMILES string of the molecule is O=C(O)c1cc([N+](=O)[O-])ccc1OCCn1ccnc1. The number of imidazole rings is 1. The maximum absolute atomic E-state index is 11.1. The van der Waals surface area contributed by atoms with Crippen molar-refractivity contribution < 1.29 is 19.6 Å². The highest BCUT2D eigenvalue weighted by atomic mass is 16.6. The summed E-state index contributed by atoms with van der Waals surface area (Å²) in [6.45, 7) is 0.727. The number of carbonyl (C=O) groups is 1. The molecule has 0 radical (unpaired) electrons. The second kappa shape index (κ2) is 5.83. The van der Waals surface area contributed by atoms with Crippen LogP contribution in [-0.2, 0) is 6.54 Å². The molecule has 0 aliphatic rings. The van der Waals surface area contributed by atoms with E-state index in [0.717, 1.165) is 6.07 Å². The first-order valence-corrected chi connectivity index (χ1v) is 5.68. The second-order valence-corrected chi connectivity index (χ2v) is 3.89. The first-order chi connectivity index (χ1) is 9.58. The number of benzene rings is 1. The smallest absolute Gasteiger partial charge is 0.339 e. The number of nitro benzene ring substituents is 1. The van der Waals surface area contributed by atoms with Gasteiger partial charge in [0.1, 0.15) is 17.9 Å². The summed E-state index contributed by atoms with van der Waals surface area (Å²) in [6.07, 6.45) is 4.98. The topological polar surface area (TPSA) is 107 Å². The third-order valence-corrected chi connectivity index (χ3v) is 2.57. The van der Waals surface area contributed by atoms with Gasteiger partial charge in [0, 0.05) is 24.5 Å². The summed E-state index contributed by atoms with van der Waals surface area (Å²) in [5, 5.41) is 19.7. The Labute approximate surface area is 113 Å². The Bertz CT molecular complexity index is 624. The number of carboxylic acid groups (broad SMARTS) is 1. The van der Waals surface area contributed by atoms with Gasteiger partial charge >= 0.3 is 5.97 Å². The summed E-state index contributed by atoms with van der Waals surface area (Å²) in [5.74, 6) is -1.17. The molecule has 0 spiro atoms. The molecule has 8 heteroatoms. The Kier molecular flexibility index (Phi) is 3.94. The monoisotopic (exact) mass is 277 g/mol. The minimum Gasteiger partial charge on any atom is -0.491 e. The van der Waals surface area contributed by atoms with Gasteiger partial charge in [-0.25, -0.2) is 9.78 Å². The summed E-state index contributed by atoms with van der Waals surface area (Å²) in [4.78, 5) is 24.9. The molecule has 20 heavy (non-hydrogen) atoms. The second-order valence-electron chi connectivity index (χ2n) is 3.89. The number of nitro groups is 1. The van der Waals surface area contributed by atoms with Gasteiger partial charge < -0.3 is 14.4 Å². The van der Waals surface area contributed by atoms with E-state index in [2.05, 4.69) is 4.98 Å². The Hall–Kier alpha value is -2.90. The van der Waals surface area contributed by atoms with Crippen LogP contribution in [-0.4, -0.2) is 32.2 Å². The summed E-state index contributed by atoms with van der Waals surface area (Å²) < 4.78 is 7.12. The third kappa shape index (κ3) is 3.10. The van der Waals surface area contributed by atoms with Crippen LogP contribution in [0.1, 0.15) is 10.4 Å². The predicted octanol–water partition coefficient (Wildman–Crippen LogP) is 1.57. The predicted molar refractivity (Wildman–Crippen MR) is 67.8 cm³/mol. The molecule has 1 aromatic carbocycles. The quantitative estimate of drug-likeness (QED) is 0.634. The van der Waals surface area contributed by atoms with Crippen LogP contribution in [0, 0.1) is 10.1 Å². The van der Waals surface area contributed by atoms with Crippen LogP contribution in [0.5, 0.6) is 5.75 Å². The Morgan fingerprint density at radius 3 is 2.90 bits per heavy atom. The van der Waals surface area contributed by atoms with Gasteiger partial charge in [0.15, 0.2) is 0 Å². The minimum atomic E-state index is -1.27. The third-order valence-electron chi connectivity index (χ3n) is 2.57. The van der Waals surface area contributed by atoms with Crippen molar-refractivity contribution in [3.05, 3.63) is 52.6 Å². The van der Waals surface area contributed by atoms with Crippen LogP contribution >= 0.6 is 0 Å². The first kappa shape index (κ1) is 13.5. The van der Waals surface area contributed by atoms with E-state index in [9.17, 15) is 14.9 Å². The van der Waals surface area contributed by atoms with Crippen LogP contribution in [0.2, 0.25) is 0 Å². The zero-order valence-corrected chi connectivity index (χ0v) is 10.3. The number of nitrogens with zero attached hydrogens (tertiary/aromatic N) is 3. The summed E-state index contributed by atoms with van der Waals surface area (Å²) in [6, 6.07) is 3.48. The van der Waals surface area contributed by atoms with E-state index < -0.39 is 10.9 Å². The lowest BCUT2D eigenvalue weighted by molar-refractivity contribution is -0.384. The van der Waals surface area contributed by atoms with Crippen molar-refractivity contribution in [2.24, 2.45) is 0 Å². The number of hydrogen-bond acceptors (Lipinski definition) is 5. The molecule has 1 aromatic heterocycles. The maximum atomic E-state index is 11.1. The van der Waals surface area contributed by atoms with Crippen LogP contribution in [0.3, 0.4) is 0 Å². The van der Waals surface area contributed by atoms with Gasteiger partial charge in [-0.2, -0.15) is 0 Å². The molecule has 104 valence electrons. The van der Waals surface area contributed by atoms with Crippen molar-refractivity contribution in [3.8, 4) is 5.75 Å².